The van der Waals surface area contributed by atoms with E-state index in [1.54, 1.807) is 12.1 Å². The Morgan fingerprint density at radius 2 is 2.14 bits per heavy atom. The molecule has 6 nitrogen and oxygen atoms in total. The number of carbonyl (C=O) groups excluding carboxylic acids is 1. The van der Waals surface area contributed by atoms with Gasteiger partial charge in [-0.15, -0.1) is 0 Å². The largest absolute Gasteiger partial charge is 0.423 e. The number of carbonyl (C=O) groups is 1. The Balaban J connectivity index is 1.53. The number of nitrogens with zero attached hydrogens (tertiary/aromatic N) is 2. The predicted octanol–water partition coefficient (Wildman–Crippen LogP) is 2.22. The van der Waals surface area contributed by atoms with Crippen LogP contribution in [0.15, 0.2) is 22.6 Å². The van der Waals surface area contributed by atoms with Crippen molar-refractivity contribution in [2.24, 2.45) is 0 Å². The number of anilines is 2. The highest BCUT2D eigenvalue weighted by Crippen LogP contribution is 2.21. The molecule has 1 amide bonds. The van der Waals surface area contributed by atoms with E-state index in [1.807, 2.05) is 11.0 Å². The highest BCUT2D eigenvalue weighted by molar-refractivity contribution is 5.78. The minimum absolute atomic E-state index is 0.197. The Hall–Kier alpha value is -2.24. The molecule has 1 aromatic heterocycles. The smallest absolute Gasteiger partial charge is 0.295 e. The molecule has 1 fully saturated rings. The summed E-state index contributed by atoms with van der Waals surface area (Å²) in [6.07, 6.45) is 3.92. The summed E-state index contributed by atoms with van der Waals surface area (Å²) in [5.41, 5.74) is 7.75. The number of hydrogen-bond acceptors (Lipinski definition) is 5. The van der Waals surface area contributed by atoms with Crippen molar-refractivity contribution < 1.29 is 9.21 Å². The number of oxazole rings is 1. The van der Waals surface area contributed by atoms with Crippen molar-refractivity contribution in [3.63, 3.8) is 0 Å². The normalized spacial score (nSPS) is 15.3. The molecule has 1 aliphatic heterocycles. The summed E-state index contributed by atoms with van der Waals surface area (Å²) >= 11 is 0. The molecular formula is C15H20N4O2. The van der Waals surface area contributed by atoms with Gasteiger partial charge in [0.25, 0.3) is 6.01 Å². The van der Waals surface area contributed by atoms with Gasteiger partial charge in [0.15, 0.2) is 5.58 Å². The number of piperidine rings is 1. The monoisotopic (exact) mass is 288 g/mol. The molecule has 3 N–H and O–H groups in total. The van der Waals surface area contributed by atoms with E-state index in [1.165, 1.54) is 6.42 Å². The van der Waals surface area contributed by atoms with Gasteiger partial charge in [-0.05, 0) is 31.4 Å². The second-order valence-electron chi connectivity index (χ2n) is 5.36. The van der Waals surface area contributed by atoms with E-state index in [0.29, 0.717) is 30.3 Å². The molecule has 0 unspecified atom stereocenters. The van der Waals surface area contributed by atoms with Crippen LogP contribution < -0.4 is 11.1 Å². The van der Waals surface area contributed by atoms with E-state index in [4.69, 9.17) is 10.2 Å². The molecule has 21 heavy (non-hydrogen) atoms. The number of benzene rings is 1. The summed E-state index contributed by atoms with van der Waals surface area (Å²) in [7, 11) is 0. The number of nitrogens with one attached hydrogen (secondary N) is 1. The lowest BCUT2D eigenvalue weighted by Crippen LogP contribution is -2.36. The fraction of sp³-hybridized carbons (Fsp3) is 0.467. The molecule has 1 aliphatic rings. The Morgan fingerprint density at radius 1 is 1.33 bits per heavy atom. The quantitative estimate of drug-likeness (QED) is 0.843. The van der Waals surface area contributed by atoms with E-state index in [-0.39, 0.29) is 5.91 Å². The molecule has 2 aromatic rings. The van der Waals surface area contributed by atoms with Crippen LogP contribution in [0.1, 0.15) is 25.7 Å². The van der Waals surface area contributed by atoms with Crippen LogP contribution in [-0.4, -0.2) is 35.4 Å². The zero-order chi connectivity index (χ0) is 14.7. The van der Waals surface area contributed by atoms with Gasteiger partial charge < -0.3 is 20.4 Å². The first-order valence-electron chi connectivity index (χ1n) is 7.40. The van der Waals surface area contributed by atoms with Gasteiger partial charge in [0.1, 0.15) is 5.52 Å². The number of amides is 1. The SMILES string of the molecule is Nc1ccc2nc(NCCC(=O)N3CCCCC3)oc2c1. The van der Waals surface area contributed by atoms with Gasteiger partial charge in [-0.2, -0.15) is 4.98 Å². The molecule has 0 aliphatic carbocycles. The summed E-state index contributed by atoms with van der Waals surface area (Å²) in [6.45, 7) is 2.31. The van der Waals surface area contributed by atoms with E-state index < -0.39 is 0 Å². The van der Waals surface area contributed by atoms with Gasteiger partial charge in [-0.3, -0.25) is 4.79 Å². The molecule has 112 valence electrons. The van der Waals surface area contributed by atoms with Crippen LogP contribution in [0, 0.1) is 0 Å². The predicted molar refractivity (Wildman–Crippen MR) is 82.0 cm³/mol. The molecule has 0 saturated carbocycles. The van der Waals surface area contributed by atoms with Crippen LogP contribution >= 0.6 is 0 Å². The minimum Gasteiger partial charge on any atom is -0.423 e. The van der Waals surface area contributed by atoms with Crippen LogP contribution in [0.25, 0.3) is 11.1 Å². The standard InChI is InChI=1S/C15H20N4O2/c16-11-4-5-12-13(10-11)21-15(18-12)17-7-6-14(20)19-8-2-1-3-9-19/h4-5,10H,1-3,6-9,16H2,(H,17,18). The molecule has 2 heterocycles. The lowest BCUT2D eigenvalue weighted by Gasteiger charge is -2.26. The molecule has 0 atom stereocenters. The third-order valence-electron chi connectivity index (χ3n) is 3.74. The van der Waals surface area contributed by atoms with Gasteiger partial charge >= 0.3 is 0 Å². The Bertz CT molecular complexity index is 632. The summed E-state index contributed by atoms with van der Waals surface area (Å²) < 4.78 is 5.55. The second-order valence-corrected chi connectivity index (χ2v) is 5.36. The van der Waals surface area contributed by atoms with Gasteiger partial charge in [-0.25, -0.2) is 0 Å². The van der Waals surface area contributed by atoms with Gasteiger partial charge in [0.05, 0.1) is 0 Å². The van der Waals surface area contributed by atoms with Gasteiger partial charge in [0, 0.05) is 37.8 Å². The highest BCUT2D eigenvalue weighted by atomic mass is 16.4. The Labute approximate surface area is 123 Å². The first kappa shape index (κ1) is 13.7. The van der Waals surface area contributed by atoms with Crippen molar-refractivity contribution in [2.75, 3.05) is 30.7 Å². The van der Waals surface area contributed by atoms with Gasteiger partial charge in [0.2, 0.25) is 5.91 Å². The van der Waals surface area contributed by atoms with Crippen molar-refractivity contribution >= 4 is 28.7 Å². The summed E-state index contributed by atoms with van der Waals surface area (Å²) in [5, 5.41) is 3.06. The Kier molecular flexibility index (Phi) is 3.94. The first-order valence-corrected chi connectivity index (χ1v) is 7.40. The number of nitrogen functional groups attached to an aromatic ring is 1. The van der Waals surface area contributed by atoms with Crippen LogP contribution in [0.3, 0.4) is 0 Å². The average Bonchev–Trinajstić information content (AvgIpc) is 2.89. The van der Waals surface area contributed by atoms with Gasteiger partial charge in [-0.1, -0.05) is 0 Å². The molecule has 1 saturated heterocycles. The van der Waals surface area contributed by atoms with Crippen molar-refractivity contribution in [3.05, 3.63) is 18.2 Å². The van der Waals surface area contributed by atoms with E-state index >= 15 is 0 Å². The summed E-state index contributed by atoms with van der Waals surface area (Å²) in [5.74, 6) is 0.197. The maximum absolute atomic E-state index is 12.0. The van der Waals surface area contributed by atoms with Crippen LogP contribution in [0.4, 0.5) is 11.7 Å². The molecule has 0 spiro atoms. The molecule has 0 bridgehead atoms. The topological polar surface area (TPSA) is 84.4 Å². The maximum Gasteiger partial charge on any atom is 0.295 e. The third-order valence-corrected chi connectivity index (χ3v) is 3.74. The third kappa shape index (κ3) is 3.26. The number of aromatic nitrogens is 1. The lowest BCUT2D eigenvalue weighted by molar-refractivity contribution is -0.131. The molecular weight excluding hydrogens is 268 g/mol. The highest BCUT2D eigenvalue weighted by Gasteiger charge is 2.16. The maximum atomic E-state index is 12.0. The molecule has 3 rings (SSSR count). The number of rotatable bonds is 4. The van der Waals surface area contributed by atoms with Crippen molar-refractivity contribution in [2.45, 2.75) is 25.7 Å². The van der Waals surface area contributed by atoms with Crippen LogP contribution in [-0.2, 0) is 4.79 Å². The first-order chi connectivity index (χ1) is 10.2. The van der Waals surface area contributed by atoms with Crippen LogP contribution in [0.2, 0.25) is 0 Å². The average molecular weight is 288 g/mol. The molecule has 6 heteroatoms. The zero-order valence-corrected chi connectivity index (χ0v) is 12.0. The van der Waals surface area contributed by atoms with Crippen molar-refractivity contribution in [3.8, 4) is 0 Å². The van der Waals surface area contributed by atoms with E-state index in [9.17, 15) is 4.79 Å². The van der Waals surface area contributed by atoms with Crippen molar-refractivity contribution in [1.29, 1.82) is 0 Å². The summed E-state index contributed by atoms with van der Waals surface area (Å²) in [6, 6.07) is 5.78. The van der Waals surface area contributed by atoms with Crippen molar-refractivity contribution in [1.82, 2.24) is 9.88 Å². The number of hydrogen-bond donors (Lipinski definition) is 2. The number of fused-ring (bicyclic) bond motifs is 1. The second kappa shape index (κ2) is 6.03. The minimum atomic E-state index is 0.197. The molecule has 0 radical (unpaired) electrons. The van der Waals surface area contributed by atoms with E-state index in [2.05, 4.69) is 10.3 Å². The Morgan fingerprint density at radius 3 is 2.95 bits per heavy atom. The fourth-order valence-electron chi connectivity index (χ4n) is 2.59. The lowest BCUT2D eigenvalue weighted by atomic mass is 10.1. The van der Waals surface area contributed by atoms with Crippen LogP contribution in [0.5, 0.6) is 0 Å². The number of nitrogens with two attached hydrogens (primary N) is 1. The van der Waals surface area contributed by atoms with E-state index in [0.717, 1.165) is 31.4 Å². The fourth-order valence-corrected chi connectivity index (χ4v) is 2.59. The molecule has 1 aromatic carbocycles. The summed E-state index contributed by atoms with van der Waals surface area (Å²) in [4.78, 5) is 18.3. The number of likely N-dealkylation sites (tertiary alicyclic amines) is 1. The zero-order valence-electron chi connectivity index (χ0n) is 12.0.